The second-order valence-corrected chi connectivity index (χ2v) is 8.28. The molecule has 0 aliphatic carbocycles. The Kier molecular flexibility index (Phi) is 6.67. The molecule has 0 unspecified atom stereocenters. The van der Waals surface area contributed by atoms with E-state index in [4.69, 9.17) is 0 Å². The molecule has 1 heterocycles. The summed E-state index contributed by atoms with van der Waals surface area (Å²) in [5.41, 5.74) is 5.72. The highest BCUT2D eigenvalue weighted by atomic mass is 16.2. The summed E-state index contributed by atoms with van der Waals surface area (Å²) in [6.45, 7) is 6.38. The Morgan fingerprint density at radius 3 is 2.22 bits per heavy atom. The number of hydrazine groups is 1. The topological polar surface area (TPSA) is 133 Å². The van der Waals surface area contributed by atoms with Crippen molar-refractivity contribution in [3.05, 3.63) is 75.7 Å². The molecule has 1 aromatic heterocycles. The van der Waals surface area contributed by atoms with Crippen LogP contribution < -0.4 is 21.7 Å². The number of carbonyl (C=O) groups is 3. The minimum absolute atomic E-state index is 0.00556. The van der Waals surface area contributed by atoms with Crippen molar-refractivity contribution in [3.8, 4) is 0 Å². The molecule has 4 N–H and O–H groups in total. The van der Waals surface area contributed by atoms with Crippen molar-refractivity contribution >= 4 is 28.5 Å². The third-order valence-electron chi connectivity index (χ3n) is 4.88. The van der Waals surface area contributed by atoms with Gasteiger partial charge in [0.2, 0.25) is 5.91 Å². The zero-order valence-corrected chi connectivity index (χ0v) is 18.1. The first kappa shape index (κ1) is 22.7. The van der Waals surface area contributed by atoms with E-state index in [1.54, 1.807) is 36.4 Å². The lowest BCUT2D eigenvalue weighted by Crippen LogP contribution is -2.43. The number of fused-ring (bicyclic) bond motifs is 1. The fraction of sp³-hybridized carbons (Fsp3) is 0.261. The maximum Gasteiger partial charge on any atom is 0.290 e. The summed E-state index contributed by atoms with van der Waals surface area (Å²) in [5.74, 6) is -1.45. The molecule has 0 saturated heterocycles. The quantitative estimate of drug-likeness (QED) is 0.454. The Bertz CT molecular complexity index is 1210. The average Bonchev–Trinajstić information content (AvgIpc) is 2.77. The van der Waals surface area contributed by atoms with E-state index in [1.165, 1.54) is 0 Å². The van der Waals surface area contributed by atoms with Crippen LogP contribution in [-0.4, -0.2) is 34.5 Å². The number of hydrogen-bond acceptors (Lipinski definition) is 5. The number of hydrogen-bond donors (Lipinski definition) is 4. The van der Waals surface area contributed by atoms with Gasteiger partial charge in [0, 0.05) is 23.9 Å². The number of aromatic nitrogens is 2. The van der Waals surface area contributed by atoms with Crippen molar-refractivity contribution in [1.29, 1.82) is 0 Å². The van der Waals surface area contributed by atoms with Crippen LogP contribution in [0.5, 0.6) is 0 Å². The molecule has 166 valence electrons. The van der Waals surface area contributed by atoms with Gasteiger partial charge in [0.15, 0.2) is 5.69 Å². The number of rotatable bonds is 5. The molecule has 0 radical (unpaired) electrons. The third-order valence-corrected chi connectivity index (χ3v) is 4.88. The number of carbonyl (C=O) groups excluding carboxylic acids is 3. The van der Waals surface area contributed by atoms with Crippen LogP contribution in [0.4, 0.5) is 0 Å². The predicted octanol–water partition coefficient (Wildman–Crippen LogP) is 1.80. The van der Waals surface area contributed by atoms with E-state index in [-0.39, 0.29) is 30.0 Å². The normalized spacial score (nSPS) is 11.1. The maximum atomic E-state index is 12.4. The fourth-order valence-electron chi connectivity index (χ4n) is 3.05. The molecule has 32 heavy (non-hydrogen) atoms. The van der Waals surface area contributed by atoms with E-state index in [2.05, 4.69) is 47.1 Å². The molecule has 0 spiro atoms. The van der Waals surface area contributed by atoms with Crippen LogP contribution in [0.3, 0.4) is 0 Å². The Morgan fingerprint density at radius 2 is 1.56 bits per heavy atom. The molecular formula is C23H25N5O4. The van der Waals surface area contributed by atoms with Gasteiger partial charge < -0.3 is 5.32 Å². The van der Waals surface area contributed by atoms with Gasteiger partial charge in [-0.2, -0.15) is 5.10 Å². The maximum absolute atomic E-state index is 12.4. The minimum Gasteiger partial charge on any atom is -0.352 e. The number of aromatic amines is 1. The third kappa shape index (κ3) is 5.37. The van der Waals surface area contributed by atoms with Gasteiger partial charge in [-0.05, 0) is 29.2 Å². The van der Waals surface area contributed by atoms with Gasteiger partial charge >= 0.3 is 0 Å². The summed E-state index contributed by atoms with van der Waals surface area (Å²) in [4.78, 5) is 48.4. The summed E-state index contributed by atoms with van der Waals surface area (Å²) in [5, 5.41) is 9.38. The van der Waals surface area contributed by atoms with Crippen molar-refractivity contribution in [3.63, 3.8) is 0 Å². The molecule has 2 aromatic carbocycles. The zero-order chi connectivity index (χ0) is 23.3. The van der Waals surface area contributed by atoms with Crippen LogP contribution in [0.15, 0.2) is 53.3 Å². The molecular weight excluding hydrogens is 410 g/mol. The van der Waals surface area contributed by atoms with Crippen molar-refractivity contribution < 1.29 is 14.4 Å². The van der Waals surface area contributed by atoms with Crippen LogP contribution in [0, 0.1) is 0 Å². The molecule has 0 fully saturated rings. The van der Waals surface area contributed by atoms with Gasteiger partial charge in [-0.15, -0.1) is 0 Å². The standard InChI is InChI=1S/C23H25N5O4/c1-23(2,3)15-10-8-14(9-11-15)20(30)24-13-12-18(29)25-28-22(32)19-16-6-4-5-7-17(16)21(31)27-26-19/h4-11H,12-13H2,1-3H3,(H,24,30)(H,25,29)(H,27,31)(H,28,32). The number of amides is 3. The highest BCUT2D eigenvalue weighted by Gasteiger charge is 2.16. The lowest BCUT2D eigenvalue weighted by atomic mass is 9.87. The highest BCUT2D eigenvalue weighted by molar-refractivity contribution is 6.05. The van der Waals surface area contributed by atoms with E-state index in [1.807, 2.05) is 12.1 Å². The summed E-state index contributed by atoms with van der Waals surface area (Å²) >= 11 is 0. The number of nitrogens with zero attached hydrogens (tertiary/aromatic N) is 1. The van der Waals surface area contributed by atoms with Crippen LogP contribution in [0.25, 0.3) is 10.8 Å². The molecule has 0 atom stereocenters. The fourth-order valence-corrected chi connectivity index (χ4v) is 3.05. The summed E-state index contributed by atoms with van der Waals surface area (Å²) in [6.07, 6.45) is -0.0358. The monoisotopic (exact) mass is 435 g/mol. The molecule has 3 aromatic rings. The van der Waals surface area contributed by atoms with E-state index >= 15 is 0 Å². The Hall–Kier alpha value is -4.01. The van der Waals surface area contributed by atoms with Crippen LogP contribution in [0.2, 0.25) is 0 Å². The average molecular weight is 435 g/mol. The van der Waals surface area contributed by atoms with E-state index < -0.39 is 17.4 Å². The first-order chi connectivity index (χ1) is 15.2. The molecule has 0 aliphatic heterocycles. The Morgan fingerprint density at radius 1 is 0.906 bits per heavy atom. The largest absolute Gasteiger partial charge is 0.352 e. The van der Waals surface area contributed by atoms with Gasteiger partial charge in [-0.1, -0.05) is 51.1 Å². The smallest absolute Gasteiger partial charge is 0.290 e. The van der Waals surface area contributed by atoms with Crippen molar-refractivity contribution in [2.75, 3.05) is 6.54 Å². The zero-order valence-electron chi connectivity index (χ0n) is 18.1. The van der Waals surface area contributed by atoms with E-state index in [0.717, 1.165) is 5.56 Å². The summed E-state index contributed by atoms with van der Waals surface area (Å²) in [6, 6.07) is 13.8. The van der Waals surface area contributed by atoms with Crippen LogP contribution in [0.1, 0.15) is 53.6 Å². The number of H-pyrrole nitrogens is 1. The molecule has 0 bridgehead atoms. The second kappa shape index (κ2) is 9.42. The van der Waals surface area contributed by atoms with Gasteiger partial charge in [0.25, 0.3) is 17.4 Å². The summed E-state index contributed by atoms with van der Waals surface area (Å²) < 4.78 is 0. The van der Waals surface area contributed by atoms with Gasteiger partial charge in [0.05, 0.1) is 5.39 Å². The lowest BCUT2D eigenvalue weighted by molar-refractivity contribution is -0.121. The Labute approximate surface area is 184 Å². The molecule has 0 saturated carbocycles. The Balaban J connectivity index is 1.48. The van der Waals surface area contributed by atoms with E-state index in [0.29, 0.717) is 16.3 Å². The van der Waals surface area contributed by atoms with Crippen LogP contribution >= 0.6 is 0 Å². The van der Waals surface area contributed by atoms with Crippen molar-refractivity contribution in [2.45, 2.75) is 32.6 Å². The molecule has 3 amide bonds. The van der Waals surface area contributed by atoms with Gasteiger partial charge in [-0.25, -0.2) is 5.10 Å². The number of nitrogens with one attached hydrogen (secondary N) is 4. The predicted molar refractivity (Wildman–Crippen MR) is 120 cm³/mol. The van der Waals surface area contributed by atoms with E-state index in [9.17, 15) is 19.2 Å². The van der Waals surface area contributed by atoms with Crippen molar-refractivity contribution in [1.82, 2.24) is 26.4 Å². The minimum atomic E-state index is -0.672. The molecule has 3 rings (SSSR count). The van der Waals surface area contributed by atoms with Crippen LogP contribution in [-0.2, 0) is 10.2 Å². The highest BCUT2D eigenvalue weighted by Crippen LogP contribution is 2.22. The second-order valence-electron chi connectivity index (χ2n) is 8.28. The molecule has 9 heteroatoms. The van der Waals surface area contributed by atoms with Gasteiger partial charge in [-0.3, -0.25) is 30.0 Å². The lowest BCUT2D eigenvalue weighted by Gasteiger charge is -2.19. The van der Waals surface area contributed by atoms with Gasteiger partial charge in [0.1, 0.15) is 0 Å². The van der Waals surface area contributed by atoms with Crippen molar-refractivity contribution in [2.24, 2.45) is 0 Å². The summed E-state index contributed by atoms with van der Waals surface area (Å²) in [7, 11) is 0. The SMILES string of the molecule is CC(C)(C)c1ccc(C(=O)NCCC(=O)NNC(=O)c2n[nH]c(=O)c3ccccc23)cc1. The first-order valence-electron chi connectivity index (χ1n) is 10.1. The molecule has 0 aliphatic rings. The first-order valence-corrected chi connectivity index (χ1v) is 10.1. The molecule has 9 nitrogen and oxygen atoms in total. The number of benzene rings is 2.